The van der Waals surface area contributed by atoms with Crippen molar-refractivity contribution < 1.29 is 33.8 Å². The summed E-state index contributed by atoms with van der Waals surface area (Å²) in [6.07, 6.45) is 0.547. The molecule has 11 heteroatoms. The number of carbonyl (C=O) groups is 3. The summed E-state index contributed by atoms with van der Waals surface area (Å²) in [6.45, 7) is 11.2. The molecule has 1 atom stereocenters. The molecule has 0 spiro atoms. The zero-order valence-corrected chi connectivity index (χ0v) is 19.3. The van der Waals surface area contributed by atoms with E-state index in [0.717, 1.165) is 0 Å². The molecule has 11 nitrogen and oxygen atoms in total. The van der Waals surface area contributed by atoms with Gasteiger partial charge in [0.2, 0.25) is 5.91 Å². The second-order valence-corrected chi connectivity index (χ2v) is 9.61. The number of hydrogen-bond acceptors (Lipinski definition) is 8. The first-order valence-corrected chi connectivity index (χ1v) is 10.4. The minimum absolute atomic E-state index is 0.0234. The first kappa shape index (κ1) is 26.4. The van der Waals surface area contributed by atoms with Crippen molar-refractivity contribution in [3.8, 4) is 0 Å². The monoisotopic (exact) mass is 445 g/mol. The Morgan fingerprint density at radius 3 is 2.10 bits per heavy atom. The van der Waals surface area contributed by atoms with E-state index < -0.39 is 34.4 Å². The third kappa shape index (κ3) is 11.4. The number of esters is 1. The fourth-order valence-corrected chi connectivity index (χ4v) is 3.01. The Hall–Kier alpha value is -2.59. The third-order valence-corrected chi connectivity index (χ3v) is 4.41. The molecular weight excluding hydrogens is 410 g/mol. The van der Waals surface area contributed by atoms with E-state index in [2.05, 4.69) is 10.2 Å². The van der Waals surface area contributed by atoms with Gasteiger partial charge in [-0.15, -0.1) is 10.1 Å². The Balaban J connectivity index is 2.62. The van der Waals surface area contributed by atoms with E-state index in [1.54, 1.807) is 46.4 Å². The summed E-state index contributed by atoms with van der Waals surface area (Å²) in [5.74, 6) is -0.771. The van der Waals surface area contributed by atoms with E-state index in [4.69, 9.17) is 9.47 Å². The molecule has 2 amide bonds. The first-order valence-electron chi connectivity index (χ1n) is 10.4. The van der Waals surface area contributed by atoms with Crippen LogP contribution in [0, 0.1) is 16.0 Å². The van der Waals surface area contributed by atoms with Crippen molar-refractivity contribution in [2.75, 3.05) is 19.7 Å². The molecule has 1 fully saturated rings. The van der Waals surface area contributed by atoms with Gasteiger partial charge < -0.3 is 24.5 Å². The topological polar surface area (TPSA) is 137 Å². The number of piperidine rings is 1. The van der Waals surface area contributed by atoms with Gasteiger partial charge in [0.25, 0.3) is 5.09 Å². The van der Waals surface area contributed by atoms with Crippen LogP contribution in [-0.4, -0.2) is 64.9 Å². The van der Waals surface area contributed by atoms with Crippen LogP contribution in [0.25, 0.3) is 0 Å². The molecule has 0 aromatic rings. The van der Waals surface area contributed by atoms with Gasteiger partial charge in [0.15, 0.2) is 0 Å². The molecule has 178 valence electrons. The molecule has 1 heterocycles. The zero-order valence-electron chi connectivity index (χ0n) is 19.3. The minimum Gasteiger partial charge on any atom is -0.458 e. The van der Waals surface area contributed by atoms with Crippen molar-refractivity contribution >= 4 is 18.0 Å². The van der Waals surface area contributed by atoms with Gasteiger partial charge in [0.1, 0.15) is 17.2 Å². The average Bonchev–Trinajstić information content (AvgIpc) is 2.60. The predicted molar refractivity (Wildman–Crippen MR) is 110 cm³/mol. The summed E-state index contributed by atoms with van der Waals surface area (Å²) in [7, 11) is 0. The van der Waals surface area contributed by atoms with E-state index in [9.17, 15) is 24.5 Å². The lowest BCUT2D eigenvalue weighted by atomic mass is 9.97. The standard InChI is InChI=1S/C20H35N3O8/c1-19(2,3)30-17(25)15(21-18(26)31-20(4,5)6)7-8-16(24)22-11-9-14(10-12-22)13-29-23(27)28/h14-15H,7-13H2,1-6H3,(H,21,26). The lowest BCUT2D eigenvalue weighted by Crippen LogP contribution is -2.47. The molecule has 0 aliphatic carbocycles. The van der Waals surface area contributed by atoms with Crippen molar-refractivity contribution in [1.82, 2.24) is 10.2 Å². The van der Waals surface area contributed by atoms with Crippen LogP contribution in [0.5, 0.6) is 0 Å². The van der Waals surface area contributed by atoms with Gasteiger partial charge >= 0.3 is 12.1 Å². The van der Waals surface area contributed by atoms with Crippen molar-refractivity contribution in [1.29, 1.82) is 0 Å². The molecule has 1 N–H and O–H groups in total. The smallest absolute Gasteiger partial charge is 0.408 e. The number of carbonyl (C=O) groups excluding carboxylic acids is 3. The first-order chi connectivity index (χ1) is 14.2. The second kappa shape index (κ2) is 11.1. The highest BCUT2D eigenvalue weighted by atomic mass is 16.9. The molecule has 0 bridgehead atoms. The number of alkyl carbamates (subject to hydrolysis) is 1. The Bertz CT molecular complexity index is 646. The van der Waals surface area contributed by atoms with Gasteiger partial charge in [-0.25, -0.2) is 9.59 Å². The molecule has 1 unspecified atom stereocenters. The summed E-state index contributed by atoms with van der Waals surface area (Å²) >= 11 is 0. The summed E-state index contributed by atoms with van der Waals surface area (Å²) in [5.41, 5.74) is -1.48. The highest BCUT2D eigenvalue weighted by molar-refractivity contribution is 5.83. The van der Waals surface area contributed by atoms with Gasteiger partial charge in [-0.3, -0.25) is 4.79 Å². The van der Waals surface area contributed by atoms with Gasteiger partial charge in [0, 0.05) is 19.5 Å². The molecular formula is C20H35N3O8. The molecule has 0 radical (unpaired) electrons. The van der Waals surface area contributed by atoms with E-state index in [1.165, 1.54) is 0 Å². The highest BCUT2D eigenvalue weighted by Crippen LogP contribution is 2.19. The maximum atomic E-state index is 12.6. The number of likely N-dealkylation sites (tertiary alicyclic amines) is 1. The van der Waals surface area contributed by atoms with E-state index in [0.29, 0.717) is 25.9 Å². The normalized spacial score (nSPS) is 16.3. The van der Waals surface area contributed by atoms with Crippen LogP contribution in [0.1, 0.15) is 67.2 Å². The van der Waals surface area contributed by atoms with E-state index >= 15 is 0 Å². The van der Waals surface area contributed by atoms with Crippen molar-refractivity contribution in [2.45, 2.75) is 84.5 Å². The minimum atomic E-state index is -1.02. The van der Waals surface area contributed by atoms with Gasteiger partial charge in [-0.05, 0) is 66.7 Å². The fourth-order valence-electron chi connectivity index (χ4n) is 3.01. The molecule has 1 saturated heterocycles. The maximum absolute atomic E-state index is 12.6. The maximum Gasteiger partial charge on any atom is 0.408 e. The van der Waals surface area contributed by atoms with Gasteiger partial charge in [0.05, 0.1) is 6.61 Å². The summed E-state index contributed by atoms with van der Waals surface area (Å²) in [6, 6.07) is -1.02. The lowest BCUT2D eigenvalue weighted by Gasteiger charge is -2.32. The molecule has 1 aliphatic rings. The third-order valence-electron chi connectivity index (χ3n) is 4.41. The van der Waals surface area contributed by atoms with Gasteiger partial charge in [-0.1, -0.05) is 0 Å². The van der Waals surface area contributed by atoms with Crippen LogP contribution >= 0.6 is 0 Å². The second-order valence-electron chi connectivity index (χ2n) is 9.61. The number of ether oxygens (including phenoxy) is 2. The van der Waals surface area contributed by atoms with Crippen LogP contribution in [0.3, 0.4) is 0 Å². The highest BCUT2D eigenvalue weighted by Gasteiger charge is 2.30. The molecule has 1 rings (SSSR count). The largest absolute Gasteiger partial charge is 0.458 e. The van der Waals surface area contributed by atoms with Gasteiger partial charge in [-0.2, -0.15) is 0 Å². The van der Waals surface area contributed by atoms with Crippen molar-refractivity contribution in [2.24, 2.45) is 5.92 Å². The lowest BCUT2D eigenvalue weighted by molar-refractivity contribution is -0.759. The number of hydrogen-bond donors (Lipinski definition) is 1. The van der Waals surface area contributed by atoms with Crippen LogP contribution in [0.4, 0.5) is 4.79 Å². The summed E-state index contributed by atoms with van der Waals surface area (Å²) < 4.78 is 10.6. The van der Waals surface area contributed by atoms with Crippen LogP contribution in [0.2, 0.25) is 0 Å². The summed E-state index contributed by atoms with van der Waals surface area (Å²) in [4.78, 5) is 53.6. The van der Waals surface area contributed by atoms with Crippen molar-refractivity contribution in [3.63, 3.8) is 0 Å². The Morgan fingerprint density at radius 2 is 1.61 bits per heavy atom. The number of nitrogens with zero attached hydrogens (tertiary/aromatic N) is 2. The van der Waals surface area contributed by atoms with Crippen LogP contribution in [-0.2, 0) is 23.9 Å². The molecule has 31 heavy (non-hydrogen) atoms. The number of amides is 2. The average molecular weight is 446 g/mol. The van der Waals surface area contributed by atoms with E-state index in [1.807, 2.05) is 0 Å². The Kier molecular flexibility index (Phi) is 9.51. The molecule has 0 saturated carbocycles. The summed E-state index contributed by atoms with van der Waals surface area (Å²) in [5, 5.41) is 12.0. The molecule has 1 aliphatic heterocycles. The fraction of sp³-hybridized carbons (Fsp3) is 0.850. The Labute approximate surface area is 182 Å². The quantitative estimate of drug-likeness (QED) is 0.342. The van der Waals surface area contributed by atoms with Crippen LogP contribution in [0.15, 0.2) is 0 Å². The zero-order chi connectivity index (χ0) is 23.8. The SMILES string of the molecule is CC(C)(C)OC(=O)NC(CCC(=O)N1CCC(CO[N+](=O)[O-])CC1)C(=O)OC(C)(C)C. The number of nitrogens with one attached hydrogen (secondary N) is 1. The van der Waals surface area contributed by atoms with E-state index in [-0.39, 0.29) is 31.3 Å². The van der Waals surface area contributed by atoms with Crippen LogP contribution < -0.4 is 5.32 Å². The predicted octanol–water partition coefficient (Wildman–Crippen LogP) is 2.45. The molecule has 0 aromatic heterocycles. The molecule has 0 aromatic carbocycles. The number of rotatable bonds is 8. The van der Waals surface area contributed by atoms with Crippen molar-refractivity contribution in [3.05, 3.63) is 10.1 Å². The Morgan fingerprint density at radius 1 is 1.06 bits per heavy atom.